The van der Waals surface area contributed by atoms with Crippen molar-refractivity contribution in [3.8, 4) is 22.7 Å². The van der Waals surface area contributed by atoms with Gasteiger partial charge in [-0.1, -0.05) is 11.2 Å². The number of halogens is 4. The topological polar surface area (TPSA) is 106 Å². The van der Waals surface area contributed by atoms with Gasteiger partial charge >= 0.3 is 17.8 Å². The number of aromatic nitrogens is 3. The molecule has 2 heterocycles. The van der Waals surface area contributed by atoms with Crippen LogP contribution in [-0.2, 0) is 22.8 Å². The van der Waals surface area contributed by atoms with Gasteiger partial charge in [0.15, 0.2) is 18.0 Å². The van der Waals surface area contributed by atoms with Gasteiger partial charge in [-0.3, -0.25) is 9.36 Å². The van der Waals surface area contributed by atoms with Gasteiger partial charge in [0.1, 0.15) is 17.1 Å². The molecule has 0 bridgehead atoms. The third-order valence-electron chi connectivity index (χ3n) is 5.44. The minimum Gasteiger partial charge on any atom is -0.482 e. The van der Waals surface area contributed by atoms with Crippen molar-refractivity contribution in [2.24, 2.45) is 7.05 Å². The fourth-order valence-corrected chi connectivity index (χ4v) is 3.58. The molecule has 2 aromatic heterocycles. The number of ether oxygens (including phenoxy) is 2. The molecule has 0 radical (unpaired) electrons. The molecule has 188 valence electrons. The van der Waals surface area contributed by atoms with E-state index < -0.39 is 40.6 Å². The van der Waals surface area contributed by atoms with Crippen molar-refractivity contribution < 1.29 is 36.4 Å². The molecule has 36 heavy (non-hydrogen) atoms. The monoisotopic (exact) mass is 507 g/mol. The number of fused-ring (bicyclic) bond motifs is 1. The Morgan fingerprint density at radius 2 is 1.86 bits per heavy atom. The first-order valence-electron chi connectivity index (χ1n) is 10.2. The summed E-state index contributed by atoms with van der Waals surface area (Å²) in [6, 6.07) is 6.99. The Hall–Kier alpha value is -4.42. The molecule has 4 rings (SSSR count). The number of hydrogen-bond donors (Lipinski definition) is 0. The predicted octanol–water partition coefficient (Wildman–Crippen LogP) is 3.36. The minimum atomic E-state index is -4.96. The number of carbonyl (C=O) groups is 1. The fourth-order valence-electron chi connectivity index (χ4n) is 3.58. The van der Waals surface area contributed by atoms with Crippen molar-refractivity contribution in [2.75, 3.05) is 13.7 Å². The molecule has 0 amide bonds. The summed E-state index contributed by atoms with van der Waals surface area (Å²) >= 11 is 0. The summed E-state index contributed by atoms with van der Waals surface area (Å²) in [7, 11) is 2.03. The summed E-state index contributed by atoms with van der Waals surface area (Å²) in [5, 5.41) is 4.13. The van der Waals surface area contributed by atoms with Crippen molar-refractivity contribution in [1.29, 1.82) is 0 Å². The van der Waals surface area contributed by atoms with Gasteiger partial charge < -0.3 is 14.0 Å². The minimum absolute atomic E-state index is 0.0386. The zero-order chi connectivity index (χ0) is 26.4. The molecule has 0 fully saturated rings. The van der Waals surface area contributed by atoms with Crippen molar-refractivity contribution in [1.82, 2.24) is 14.3 Å². The lowest BCUT2D eigenvalue weighted by atomic mass is 10.0. The number of methoxy groups -OCH3 is 1. The molecule has 0 aliphatic rings. The summed E-state index contributed by atoms with van der Waals surface area (Å²) in [4.78, 5) is 36.5. The second-order valence-electron chi connectivity index (χ2n) is 7.72. The third-order valence-corrected chi connectivity index (χ3v) is 5.44. The van der Waals surface area contributed by atoms with Crippen LogP contribution in [0.1, 0.15) is 11.3 Å². The summed E-state index contributed by atoms with van der Waals surface area (Å²) in [5.41, 5.74) is -3.52. The molecule has 13 heteroatoms. The number of rotatable bonds is 5. The van der Waals surface area contributed by atoms with Gasteiger partial charge in [0.2, 0.25) is 0 Å². The van der Waals surface area contributed by atoms with Gasteiger partial charge in [0.05, 0.1) is 18.2 Å². The highest BCUT2D eigenvalue weighted by Gasteiger charge is 2.35. The summed E-state index contributed by atoms with van der Waals surface area (Å²) in [5.74, 6) is -1.41. The average molecular weight is 507 g/mol. The second-order valence-corrected chi connectivity index (χ2v) is 7.72. The van der Waals surface area contributed by atoms with Gasteiger partial charge in [0, 0.05) is 24.7 Å². The Labute approximate surface area is 199 Å². The lowest BCUT2D eigenvalue weighted by Crippen LogP contribution is -2.41. The number of esters is 1. The van der Waals surface area contributed by atoms with E-state index in [0.29, 0.717) is 15.7 Å². The highest BCUT2D eigenvalue weighted by Crippen LogP contribution is 2.34. The lowest BCUT2D eigenvalue weighted by molar-refractivity contribution is -0.144. The Bertz CT molecular complexity index is 1620. The average Bonchev–Trinajstić information content (AvgIpc) is 3.22. The van der Waals surface area contributed by atoms with Gasteiger partial charge in [-0.15, -0.1) is 0 Å². The molecular formula is C23H17F4N3O6. The zero-order valence-electron chi connectivity index (χ0n) is 19.0. The summed E-state index contributed by atoms with van der Waals surface area (Å²) in [6.45, 7) is 1.38. The van der Waals surface area contributed by atoms with Crippen LogP contribution < -0.4 is 16.0 Å². The normalized spacial score (nSPS) is 11.6. The smallest absolute Gasteiger partial charge is 0.431 e. The first-order valence-corrected chi connectivity index (χ1v) is 10.2. The molecule has 0 unspecified atom stereocenters. The van der Waals surface area contributed by atoms with Crippen molar-refractivity contribution in [3.63, 3.8) is 0 Å². The Morgan fingerprint density at radius 1 is 1.14 bits per heavy atom. The Morgan fingerprint density at radius 3 is 2.53 bits per heavy atom. The molecule has 0 aliphatic carbocycles. The first kappa shape index (κ1) is 24.7. The predicted molar refractivity (Wildman–Crippen MR) is 117 cm³/mol. The molecule has 4 aromatic rings. The maximum Gasteiger partial charge on any atom is 0.431 e. The van der Waals surface area contributed by atoms with Gasteiger partial charge in [0.25, 0.3) is 5.56 Å². The molecule has 0 aliphatic heterocycles. The number of alkyl halides is 3. The molecule has 0 saturated heterocycles. The molecular weight excluding hydrogens is 490 g/mol. The second kappa shape index (κ2) is 8.98. The van der Waals surface area contributed by atoms with Gasteiger partial charge in [-0.2, -0.15) is 13.2 Å². The van der Waals surface area contributed by atoms with Crippen molar-refractivity contribution >= 4 is 16.9 Å². The number of hydrogen-bond acceptors (Lipinski definition) is 7. The van der Waals surface area contributed by atoms with Crippen LogP contribution in [0.5, 0.6) is 5.75 Å². The van der Waals surface area contributed by atoms with Crippen LogP contribution in [0.3, 0.4) is 0 Å². The highest BCUT2D eigenvalue weighted by atomic mass is 19.4. The molecule has 0 spiro atoms. The number of aryl methyl sites for hydroxylation is 1. The van der Waals surface area contributed by atoms with Crippen molar-refractivity contribution in [2.45, 2.75) is 13.1 Å². The zero-order valence-corrected chi connectivity index (χ0v) is 19.0. The summed E-state index contributed by atoms with van der Waals surface area (Å²) in [6.07, 6.45) is -4.96. The van der Waals surface area contributed by atoms with Gasteiger partial charge in [-0.25, -0.2) is 18.5 Å². The Balaban J connectivity index is 1.88. The SMILES string of the molecule is COC(=O)COc1ccc(C)c(-c2noc3cc(F)c(-n4c(=O)cc(C(F)(F)F)n(C)c4=O)cc23)c1. The van der Waals surface area contributed by atoms with Crippen LogP contribution in [0.25, 0.3) is 27.9 Å². The summed E-state index contributed by atoms with van der Waals surface area (Å²) < 4.78 is 70.1. The van der Waals surface area contributed by atoms with E-state index in [1.54, 1.807) is 25.1 Å². The van der Waals surface area contributed by atoms with E-state index in [9.17, 15) is 31.9 Å². The maximum absolute atomic E-state index is 14.9. The number of benzene rings is 2. The molecule has 0 N–H and O–H groups in total. The van der Waals surface area contributed by atoms with E-state index in [1.807, 2.05) is 0 Å². The standard InChI is InChI=1S/C23H17F4N3O6/c1-11-4-5-12(35-10-20(32)34-3)6-13(11)21-14-7-16(15(24)8-17(14)36-28-21)30-19(31)9-18(23(25,26)27)29(2)22(30)33/h4-9H,10H2,1-3H3. The van der Waals surface area contributed by atoms with Gasteiger partial charge in [-0.05, 0) is 30.7 Å². The lowest BCUT2D eigenvalue weighted by Gasteiger charge is -2.14. The maximum atomic E-state index is 14.9. The van der Waals surface area contributed by atoms with Crippen LogP contribution in [-0.4, -0.2) is 34.0 Å². The van der Waals surface area contributed by atoms with E-state index in [0.717, 1.165) is 19.2 Å². The van der Waals surface area contributed by atoms with E-state index in [-0.39, 0.29) is 39.7 Å². The van der Waals surface area contributed by atoms with E-state index >= 15 is 0 Å². The van der Waals surface area contributed by atoms with E-state index in [4.69, 9.17) is 9.26 Å². The fraction of sp³-hybridized carbons (Fsp3) is 0.217. The van der Waals surface area contributed by atoms with Crippen LogP contribution >= 0.6 is 0 Å². The number of carbonyl (C=O) groups excluding carboxylic acids is 1. The molecule has 2 aromatic carbocycles. The van der Waals surface area contributed by atoms with Crippen LogP contribution in [0, 0.1) is 12.7 Å². The van der Waals surface area contributed by atoms with Crippen molar-refractivity contribution in [3.05, 3.63) is 74.3 Å². The number of nitrogens with zero attached hydrogens (tertiary/aromatic N) is 3. The quantitative estimate of drug-likeness (QED) is 0.301. The van der Waals surface area contributed by atoms with Crippen LogP contribution in [0.2, 0.25) is 0 Å². The third kappa shape index (κ3) is 4.34. The molecule has 0 saturated carbocycles. The first-order chi connectivity index (χ1) is 16.9. The Kier molecular flexibility index (Phi) is 6.16. The highest BCUT2D eigenvalue weighted by molar-refractivity contribution is 5.94. The van der Waals surface area contributed by atoms with Crippen LogP contribution in [0.4, 0.5) is 17.6 Å². The molecule has 0 atom stereocenters. The van der Waals surface area contributed by atoms with E-state index in [1.165, 1.54) is 7.11 Å². The van der Waals surface area contributed by atoms with Crippen LogP contribution in [0.15, 0.2) is 50.5 Å². The van der Waals surface area contributed by atoms with E-state index in [2.05, 4.69) is 9.89 Å². The largest absolute Gasteiger partial charge is 0.482 e. The molecule has 9 nitrogen and oxygen atoms in total.